The van der Waals surface area contributed by atoms with Crippen LogP contribution >= 0.6 is 0 Å². The van der Waals surface area contributed by atoms with E-state index in [4.69, 9.17) is 0 Å². The molecule has 0 aliphatic heterocycles. The number of ether oxygens (including phenoxy) is 1. The van der Waals surface area contributed by atoms with Gasteiger partial charge in [-0.25, -0.2) is 8.42 Å². The van der Waals surface area contributed by atoms with Gasteiger partial charge in [-0.05, 0) is 20.8 Å². The number of carbonyl (C=O) groups is 1. The predicted molar refractivity (Wildman–Crippen MR) is 59.9 cm³/mol. The van der Waals surface area contributed by atoms with Crippen molar-refractivity contribution in [3.05, 3.63) is 11.4 Å². The number of esters is 1. The Kier molecular flexibility index (Phi) is 3.89. The van der Waals surface area contributed by atoms with E-state index in [0.717, 1.165) is 0 Å². The summed E-state index contributed by atoms with van der Waals surface area (Å²) in [4.78, 5) is 11.2. The number of methoxy groups -OCH3 is 1. The lowest BCUT2D eigenvalue weighted by atomic mass is 10.4. The van der Waals surface area contributed by atoms with Crippen LogP contribution in [0.1, 0.15) is 18.3 Å². The van der Waals surface area contributed by atoms with E-state index in [1.54, 1.807) is 13.8 Å². The Labute approximate surface area is 99.6 Å². The number of nitrogens with zero attached hydrogens (tertiary/aromatic N) is 1. The number of carbonyl (C=O) groups excluding carboxylic acids is 1. The number of aromatic nitrogens is 2. The van der Waals surface area contributed by atoms with Crippen molar-refractivity contribution in [1.82, 2.24) is 14.9 Å². The molecule has 0 radical (unpaired) electrons. The molecule has 0 aromatic carbocycles. The predicted octanol–water partition coefficient (Wildman–Crippen LogP) is -0.134. The third-order valence-corrected chi connectivity index (χ3v) is 4.02. The van der Waals surface area contributed by atoms with Crippen LogP contribution in [0.4, 0.5) is 0 Å². The first-order valence-corrected chi connectivity index (χ1v) is 6.39. The largest absolute Gasteiger partial charge is 0.468 e. The Hall–Kier alpha value is -1.41. The van der Waals surface area contributed by atoms with Crippen LogP contribution < -0.4 is 4.72 Å². The molecular formula is C9H15N3O4S. The van der Waals surface area contributed by atoms with Crippen molar-refractivity contribution in [3.63, 3.8) is 0 Å². The van der Waals surface area contributed by atoms with Gasteiger partial charge in [-0.15, -0.1) is 0 Å². The van der Waals surface area contributed by atoms with Crippen LogP contribution in [0.25, 0.3) is 0 Å². The minimum Gasteiger partial charge on any atom is -0.468 e. The third kappa shape index (κ3) is 2.83. The maximum Gasteiger partial charge on any atom is 0.323 e. The van der Waals surface area contributed by atoms with E-state index in [9.17, 15) is 13.2 Å². The molecule has 1 aromatic heterocycles. The summed E-state index contributed by atoms with van der Waals surface area (Å²) < 4.78 is 30.6. The molecule has 8 heteroatoms. The molecule has 2 N–H and O–H groups in total. The standard InChI is InChI=1S/C9H15N3O4S/c1-5-8(6(2)11-10-5)17(14,15)12-7(3)9(13)16-4/h7,12H,1-4H3,(H,10,11)/t7-/m0/s1. The van der Waals surface area contributed by atoms with E-state index in [1.807, 2.05) is 0 Å². The number of H-pyrrole nitrogens is 1. The van der Waals surface area contributed by atoms with Crippen LogP contribution in [-0.4, -0.2) is 37.7 Å². The van der Waals surface area contributed by atoms with Gasteiger partial charge >= 0.3 is 5.97 Å². The zero-order valence-electron chi connectivity index (χ0n) is 10.1. The summed E-state index contributed by atoms with van der Waals surface area (Å²) in [6.45, 7) is 4.58. The summed E-state index contributed by atoms with van der Waals surface area (Å²) in [5, 5.41) is 6.37. The van der Waals surface area contributed by atoms with E-state index >= 15 is 0 Å². The highest BCUT2D eigenvalue weighted by molar-refractivity contribution is 7.89. The molecule has 0 aliphatic rings. The topological polar surface area (TPSA) is 101 Å². The number of nitrogens with one attached hydrogen (secondary N) is 2. The van der Waals surface area contributed by atoms with Crippen molar-refractivity contribution in [2.75, 3.05) is 7.11 Å². The Morgan fingerprint density at radius 2 is 2.06 bits per heavy atom. The second-order valence-electron chi connectivity index (χ2n) is 3.63. The maximum absolute atomic E-state index is 12.0. The molecule has 0 aliphatic carbocycles. The van der Waals surface area contributed by atoms with Gasteiger partial charge in [0, 0.05) is 0 Å². The number of aryl methyl sites for hydroxylation is 2. The number of sulfonamides is 1. The van der Waals surface area contributed by atoms with Gasteiger partial charge in [-0.2, -0.15) is 9.82 Å². The molecule has 0 saturated heterocycles. The minimum absolute atomic E-state index is 0.0632. The van der Waals surface area contributed by atoms with Gasteiger partial charge < -0.3 is 4.74 Å². The fraction of sp³-hybridized carbons (Fsp3) is 0.556. The quantitative estimate of drug-likeness (QED) is 0.735. The fourth-order valence-corrected chi connectivity index (χ4v) is 3.02. The SMILES string of the molecule is COC(=O)[C@H](C)NS(=O)(=O)c1c(C)n[nH]c1C. The molecule has 0 unspecified atom stereocenters. The molecule has 1 aromatic rings. The minimum atomic E-state index is -3.78. The Bertz CT molecular complexity index is 501. The van der Waals surface area contributed by atoms with E-state index in [0.29, 0.717) is 11.4 Å². The third-order valence-electron chi connectivity index (χ3n) is 2.22. The van der Waals surface area contributed by atoms with Gasteiger partial charge in [-0.3, -0.25) is 9.89 Å². The van der Waals surface area contributed by atoms with Crippen molar-refractivity contribution in [1.29, 1.82) is 0 Å². The first-order valence-electron chi connectivity index (χ1n) is 4.91. The van der Waals surface area contributed by atoms with Gasteiger partial charge in [0.05, 0.1) is 18.5 Å². The van der Waals surface area contributed by atoms with Gasteiger partial charge in [0.15, 0.2) is 0 Å². The molecule has 0 saturated carbocycles. The first kappa shape index (κ1) is 13.7. The molecule has 1 atom stereocenters. The molecule has 1 rings (SSSR count). The molecule has 96 valence electrons. The lowest BCUT2D eigenvalue weighted by Gasteiger charge is -2.12. The summed E-state index contributed by atoms with van der Waals surface area (Å²) in [6, 6.07) is -0.946. The number of aromatic amines is 1. The van der Waals surface area contributed by atoms with E-state index in [1.165, 1.54) is 14.0 Å². The molecular weight excluding hydrogens is 246 g/mol. The summed E-state index contributed by atoms with van der Waals surface area (Å²) in [7, 11) is -2.58. The molecule has 1 heterocycles. The number of hydrogen-bond donors (Lipinski definition) is 2. The van der Waals surface area contributed by atoms with Crippen molar-refractivity contribution in [2.45, 2.75) is 31.7 Å². The smallest absolute Gasteiger partial charge is 0.323 e. The Morgan fingerprint density at radius 1 is 1.47 bits per heavy atom. The molecule has 17 heavy (non-hydrogen) atoms. The number of rotatable bonds is 4. The maximum atomic E-state index is 12.0. The average Bonchev–Trinajstić information content (AvgIpc) is 2.57. The number of hydrogen-bond acceptors (Lipinski definition) is 5. The highest BCUT2D eigenvalue weighted by Gasteiger charge is 2.26. The van der Waals surface area contributed by atoms with Crippen LogP contribution in [-0.2, 0) is 19.6 Å². The van der Waals surface area contributed by atoms with Crippen LogP contribution in [0, 0.1) is 13.8 Å². The van der Waals surface area contributed by atoms with E-state index < -0.39 is 22.0 Å². The molecule has 0 bridgehead atoms. The Balaban J connectivity index is 3.02. The lowest BCUT2D eigenvalue weighted by Crippen LogP contribution is -2.39. The van der Waals surface area contributed by atoms with Crippen molar-refractivity contribution < 1.29 is 17.9 Å². The zero-order valence-corrected chi connectivity index (χ0v) is 10.9. The second kappa shape index (κ2) is 4.84. The van der Waals surface area contributed by atoms with Gasteiger partial charge in [0.1, 0.15) is 10.9 Å². The van der Waals surface area contributed by atoms with Crippen molar-refractivity contribution >= 4 is 16.0 Å². The van der Waals surface area contributed by atoms with E-state index in [-0.39, 0.29) is 4.90 Å². The average molecular weight is 261 g/mol. The first-order chi connectivity index (χ1) is 7.79. The summed E-state index contributed by atoms with van der Waals surface area (Å²) in [6.07, 6.45) is 0. The molecule has 0 amide bonds. The van der Waals surface area contributed by atoms with Crippen molar-refractivity contribution in [3.8, 4) is 0 Å². The van der Waals surface area contributed by atoms with Gasteiger partial charge in [0.25, 0.3) is 0 Å². The zero-order chi connectivity index (χ0) is 13.2. The summed E-state index contributed by atoms with van der Waals surface area (Å²) in [5.74, 6) is -0.646. The second-order valence-corrected chi connectivity index (χ2v) is 5.28. The normalized spacial score (nSPS) is 13.4. The highest BCUT2D eigenvalue weighted by Crippen LogP contribution is 2.16. The van der Waals surface area contributed by atoms with Crippen LogP contribution in [0.3, 0.4) is 0 Å². The lowest BCUT2D eigenvalue weighted by molar-refractivity contribution is -0.142. The highest BCUT2D eigenvalue weighted by atomic mass is 32.2. The summed E-state index contributed by atoms with van der Waals surface area (Å²) in [5.41, 5.74) is 0.777. The van der Waals surface area contributed by atoms with Crippen molar-refractivity contribution in [2.24, 2.45) is 0 Å². The van der Waals surface area contributed by atoms with Gasteiger partial charge in [0.2, 0.25) is 10.0 Å². The molecule has 0 spiro atoms. The van der Waals surface area contributed by atoms with Gasteiger partial charge in [-0.1, -0.05) is 0 Å². The monoisotopic (exact) mass is 261 g/mol. The Morgan fingerprint density at radius 3 is 2.47 bits per heavy atom. The van der Waals surface area contributed by atoms with Crippen LogP contribution in [0.5, 0.6) is 0 Å². The van der Waals surface area contributed by atoms with Crippen LogP contribution in [0.15, 0.2) is 4.90 Å². The molecule has 7 nitrogen and oxygen atoms in total. The molecule has 0 fully saturated rings. The van der Waals surface area contributed by atoms with E-state index in [2.05, 4.69) is 19.7 Å². The fourth-order valence-electron chi connectivity index (χ4n) is 1.45. The summed E-state index contributed by atoms with van der Waals surface area (Å²) >= 11 is 0. The van der Waals surface area contributed by atoms with Crippen LogP contribution in [0.2, 0.25) is 0 Å².